The van der Waals surface area contributed by atoms with Crippen LogP contribution in [0.25, 0.3) is 0 Å². The first-order chi connectivity index (χ1) is 11.9. The molecule has 8 nitrogen and oxygen atoms in total. The molecule has 0 heterocycles. The average molecular weight is 343 g/mol. The van der Waals surface area contributed by atoms with E-state index in [0.29, 0.717) is 5.75 Å². The summed E-state index contributed by atoms with van der Waals surface area (Å²) in [4.78, 5) is 22.1. The first kappa shape index (κ1) is 17.9. The van der Waals surface area contributed by atoms with Crippen LogP contribution in [0.1, 0.15) is 16.7 Å². The molecule has 0 aliphatic heterocycles. The first-order valence-corrected chi connectivity index (χ1v) is 7.37. The summed E-state index contributed by atoms with van der Waals surface area (Å²) in [6, 6.07) is 9.06. The fraction of sp³-hybridized carbons (Fsp3) is 0.176. The van der Waals surface area contributed by atoms with Crippen molar-refractivity contribution in [3.8, 4) is 11.5 Å². The van der Waals surface area contributed by atoms with Crippen molar-refractivity contribution in [2.45, 2.75) is 13.8 Å². The van der Waals surface area contributed by atoms with Crippen LogP contribution in [0.4, 0.5) is 5.69 Å². The van der Waals surface area contributed by atoms with Crippen LogP contribution in [-0.4, -0.2) is 28.8 Å². The van der Waals surface area contributed by atoms with Crippen LogP contribution in [0.2, 0.25) is 0 Å². The Labute approximate surface area is 143 Å². The molecule has 0 spiro atoms. The summed E-state index contributed by atoms with van der Waals surface area (Å²) in [5.74, 6) is -0.0562. The second-order valence-corrected chi connectivity index (χ2v) is 5.28. The minimum atomic E-state index is -0.605. The summed E-state index contributed by atoms with van der Waals surface area (Å²) in [5.41, 5.74) is 4.05. The third-order valence-corrected chi connectivity index (χ3v) is 3.51. The molecule has 0 saturated heterocycles. The van der Waals surface area contributed by atoms with Gasteiger partial charge in [0.2, 0.25) is 0 Å². The Morgan fingerprint density at radius 1 is 1.36 bits per heavy atom. The summed E-state index contributed by atoms with van der Waals surface area (Å²) in [6.07, 6.45) is 1.09. The summed E-state index contributed by atoms with van der Waals surface area (Å²) >= 11 is 0. The van der Waals surface area contributed by atoms with E-state index in [-0.39, 0.29) is 23.6 Å². The van der Waals surface area contributed by atoms with E-state index in [4.69, 9.17) is 4.74 Å². The molecule has 0 bridgehead atoms. The number of nitrogens with zero attached hydrogens (tertiary/aromatic N) is 2. The number of phenols is 1. The Morgan fingerprint density at radius 2 is 2.12 bits per heavy atom. The Morgan fingerprint density at radius 3 is 2.84 bits per heavy atom. The van der Waals surface area contributed by atoms with Gasteiger partial charge in [0.15, 0.2) is 6.61 Å². The monoisotopic (exact) mass is 343 g/mol. The van der Waals surface area contributed by atoms with Crippen LogP contribution in [0.15, 0.2) is 41.5 Å². The predicted octanol–water partition coefficient (Wildman–Crippen LogP) is 2.45. The SMILES string of the molecule is Cc1cccc(OCC(=O)N/N=C\c2cc(O)ccc2[N+](=O)[O-])c1C. The van der Waals surface area contributed by atoms with Crippen LogP contribution in [0.3, 0.4) is 0 Å². The van der Waals surface area contributed by atoms with Crippen molar-refractivity contribution < 1.29 is 19.6 Å². The number of carbonyl (C=O) groups excluding carboxylic acids is 1. The number of benzene rings is 2. The molecule has 130 valence electrons. The van der Waals surface area contributed by atoms with Gasteiger partial charge in [0, 0.05) is 6.07 Å². The summed E-state index contributed by atoms with van der Waals surface area (Å²) in [5, 5.41) is 24.0. The van der Waals surface area contributed by atoms with Gasteiger partial charge in [-0.05, 0) is 43.2 Å². The van der Waals surface area contributed by atoms with Crippen LogP contribution >= 0.6 is 0 Å². The molecule has 0 fully saturated rings. The number of hydrazone groups is 1. The summed E-state index contributed by atoms with van der Waals surface area (Å²) in [6.45, 7) is 3.58. The molecular formula is C17H17N3O5. The number of carbonyl (C=O) groups is 1. The van der Waals surface area contributed by atoms with E-state index in [9.17, 15) is 20.0 Å². The van der Waals surface area contributed by atoms with Crippen molar-refractivity contribution in [2.75, 3.05) is 6.61 Å². The fourth-order valence-electron chi connectivity index (χ4n) is 2.04. The first-order valence-electron chi connectivity index (χ1n) is 7.37. The number of hydrogen-bond donors (Lipinski definition) is 2. The molecule has 0 saturated carbocycles. The molecule has 2 N–H and O–H groups in total. The van der Waals surface area contributed by atoms with E-state index in [1.165, 1.54) is 12.1 Å². The smallest absolute Gasteiger partial charge is 0.278 e. The topological polar surface area (TPSA) is 114 Å². The van der Waals surface area contributed by atoms with Gasteiger partial charge in [-0.3, -0.25) is 14.9 Å². The van der Waals surface area contributed by atoms with Crippen molar-refractivity contribution >= 4 is 17.8 Å². The maximum absolute atomic E-state index is 11.8. The number of aromatic hydroxyl groups is 1. The number of aryl methyl sites for hydroxylation is 1. The summed E-state index contributed by atoms with van der Waals surface area (Å²) in [7, 11) is 0. The number of nitrogens with one attached hydrogen (secondary N) is 1. The zero-order valence-electron chi connectivity index (χ0n) is 13.7. The van der Waals surface area contributed by atoms with Gasteiger partial charge in [0.05, 0.1) is 16.7 Å². The Kier molecular flexibility index (Phi) is 5.67. The molecule has 8 heteroatoms. The van der Waals surface area contributed by atoms with Crippen molar-refractivity contribution in [1.29, 1.82) is 0 Å². The minimum absolute atomic E-state index is 0.0701. The largest absolute Gasteiger partial charge is 0.508 e. The Bertz CT molecular complexity index is 833. The number of rotatable bonds is 6. The normalized spacial score (nSPS) is 10.6. The van der Waals surface area contributed by atoms with Crippen LogP contribution in [0.5, 0.6) is 11.5 Å². The van der Waals surface area contributed by atoms with Crippen molar-refractivity contribution in [3.63, 3.8) is 0 Å². The summed E-state index contributed by atoms with van der Waals surface area (Å²) < 4.78 is 5.43. The highest BCUT2D eigenvalue weighted by atomic mass is 16.6. The molecule has 0 aromatic heterocycles. The van der Waals surface area contributed by atoms with Gasteiger partial charge < -0.3 is 9.84 Å². The second kappa shape index (κ2) is 7.91. The van der Waals surface area contributed by atoms with Crippen LogP contribution in [-0.2, 0) is 4.79 Å². The molecule has 0 atom stereocenters. The number of nitro benzene ring substituents is 1. The quantitative estimate of drug-likeness (QED) is 0.475. The average Bonchev–Trinajstić information content (AvgIpc) is 2.56. The van der Waals surface area contributed by atoms with E-state index in [1.807, 2.05) is 26.0 Å². The maximum Gasteiger partial charge on any atom is 0.278 e. The molecule has 2 aromatic rings. The van der Waals surface area contributed by atoms with Gasteiger partial charge in [0.1, 0.15) is 11.5 Å². The minimum Gasteiger partial charge on any atom is -0.508 e. The lowest BCUT2D eigenvalue weighted by molar-refractivity contribution is -0.385. The molecule has 0 unspecified atom stereocenters. The zero-order valence-corrected chi connectivity index (χ0v) is 13.7. The maximum atomic E-state index is 11.8. The van der Waals surface area contributed by atoms with E-state index < -0.39 is 10.8 Å². The predicted molar refractivity (Wildman–Crippen MR) is 91.9 cm³/mol. The lowest BCUT2D eigenvalue weighted by Crippen LogP contribution is -2.24. The molecule has 2 aromatic carbocycles. The number of nitro groups is 1. The molecule has 0 aliphatic carbocycles. The third-order valence-electron chi connectivity index (χ3n) is 3.51. The second-order valence-electron chi connectivity index (χ2n) is 5.28. The Hall–Kier alpha value is -3.42. The van der Waals surface area contributed by atoms with Crippen LogP contribution < -0.4 is 10.2 Å². The van der Waals surface area contributed by atoms with E-state index >= 15 is 0 Å². The highest BCUT2D eigenvalue weighted by Crippen LogP contribution is 2.22. The van der Waals surface area contributed by atoms with Crippen molar-refractivity contribution in [1.82, 2.24) is 5.43 Å². The van der Waals surface area contributed by atoms with E-state index in [2.05, 4.69) is 10.5 Å². The van der Waals surface area contributed by atoms with E-state index in [1.54, 1.807) is 6.07 Å². The lowest BCUT2D eigenvalue weighted by atomic mass is 10.1. The molecular weight excluding hydrogens is 326 g/mol. The van der Waals surface area contributed by atoms with E-state index in [0.717, 1.165) is 23.4 Å². The highest BCUT2D eigenvalue weighted by molar-refractivity contribution is 5.87. The van der Waals surface area contributed by atoms with Gasteiger partial charge in [-0.2, -0.15) is 5.10 Å². The number of ether oxygens (including phenoxy) is 1. The molecule has 0 radical (unpaired) electrons. The van der Waals surface area contributed by atoms with Gasteiger partial charge >= 0.3 is 0 Å². The number of amides is 1. The van der Waals surface area contributed by atoms with Crippen molar-refractivity contribution in [2.24, 2.45) is 5.10 Å². The van der Waals surface area contributed by atoms with Gasteiger partial charge in [-0.25, -0.2) is 5.43 Å². The number of hydrogen-bond acceptors (Lipinski definition) is 6. The lowest BCUT2D eigenvalue weighted by Gasteiger charge is -2.09. The van der Waals surface area contributed by atoms with Gasteiger partial charge in [0.25, 0.3) is 11.6 Å². The molecule has 2 rings (SSSR count). The Balaban J connectivity index is 1.96. The third kappa shape index (κ3) is 4.77. The molecule has 25 heavy (non-hydrogen) atoms. The highest BCUT2D eigenvalue weighted by Gasteiger charge is 2.12. The van der Waals surface area contributed by atoms with Gasteiger partial charge in [-0.15, -0.1) is 0 Å². The molecule has 0 aliphatic rings. The van der Waals surface area contributed by atoms with Crippen molar-refractivity contribution in [3.05, 3.63) is 63.2 Å². The standard InChI is InChI=1S/C17H17N3O5/c1-11-4-3-5-16(12(11)2)25-10-17(22)19-18-9-13-8-14(21)6-7-15(13)20(23)24/h3-9,21H,10H2,1-2H3,(H,19,22)/b18-9-. The van der Waals surface area contributed by atoms with Crippen LogP contribution in [0, 0.1) is 24.0 Å². The zero-order chi connectivity index (χ0) is 18.4. The van der Waals surface area contributed by atoms with Gasteiger partial charge in [-0.1, -0.05) is 12.1 Å². The number of phenolic OH excluding ortho intramolecular Hbond substituents is 1. The fourth-order valence-corrected chi connectivity index (χ4v) is 2.04. The molecule has 1 amide bonds.